The average molecular weight is 240 g/mol. The molecule has 1 N–H and O–H groups in total. The Bertz CT molecular complexity index is 255. The van der Waals surface area contributed by atoms with Gasteiger partial charge >= 0.3 is 0 Å². The van der Waals surface area contributed by atoms with E-state index in [9.17, 15) is 4.79 Å². The van der Waals surface area contributed by atoms with Crippen LogP contribution in [0.25, 0.3) is 0 Å². The molecule has 0 aromatic carbocycles. The molecule has 0 aliphatic carbocycles. The maximum absolute atomic E-state index is 12.2. The molecule has 0 aromatic heterocycles. The van der Waals surface area contributed by atoms with E-state index >= 15 is 0 Å². The van der Waals surface area contributed by atoms with Crippen LogP contribution in [0.5, 0.6) is 0 Å². The molecule has 1 amide bonds. The van der Waals surface area contributed by atoms with Gasteiger partial charge in [-0.05, 0) is 24.7 Å². The first-order valence-electron chi connectivity index (χ1n) is 6.84. The Morgan fingerprint density at radius 1 is 1.41 bits per heavy atom. The third-order valence-corrected chi connectivity index (χ3v) is 3.20. The standard InChI is InChI=1S/C14H28N2O/c1-11(2)15-12-7-6-9-16(13(12)17)10-8-14(3,4)5/h11-12,15H,6-10H2,1-5H3. The summed E-state index contributed by atoms with van der Waals surface area (Å²) in [6, 6.07) is 0.426. The lowest BCUT2D eigenvalue weighted by Crippen LogP contribution is -2.52. The van der Waals surface area contributed by atoms with Crippen LogP contribution in [0.2, 0.25) is 0 Å². The van der Waals surface area contributed by atoms with Gasteiger partial charge in [-0.25, -0.2) is 0 Å². The Morgan fingerprint density at radius 2 is 2.06 bits per heavy atom. The van der Waals surface area contributed by atoms with Gasteiger partial charge in [0.15, 0.2) is 0 Å². The maximum Gasteiger partial charge on any atom is 0.239 e. The summed E-state index contributed by atoms with van der Waals surface area (Å²) in [6.07, 6.45) is 3.19. The summed E-state index contributed by atoms with van der Waals surface area (Å²) >= 11 is 0. The summed E-state index contributed by atoms with van der Waals surface area (Å²) in [7, 11) is 0. The Balaban J connectivity index is 2.47. The van der Waals surface area contributed by atoms with Crippen LogP contribution in [0.15, 0.2) is 0 Å². The van der Waals surface area contributed by atoms with Gasteiger partial charge in [-0.15, -0.1) is 0 Å². The summed E-state index contributed by atoms with van der Waals surface area (Å²) in [5, 5.41) is 3.37. The fourth-order valence-corrected chi connectivity index (χ4v) is 2.19. The van der Waals surface area contributed by atoms with Gasteiger partial charge in [0, 0.05) is 19.1 Å². The number of nitrogens with one attached hydrogen (secondary N) is 1. The zero-order valence-electron chi connectivity index (χ0n) is 12.0. The first kappa shape index (κ1) is 14.5. The molecule has 1 aliphatic rings. The molecule has 17 heavy (non-hydrogen) atoms. The van der Waals surface area contributed by atoms with E-state index in [1.165, 1.54) is 0 Å². The number of amides is 1. The Hall–Kier alpha value is -0.570. The molecule has 3 nitrogen and oxygen atoms in total. The van der Waals surface area contributed by atoms with Crippen LogP contribution in [0.3, 0.4) is 0 Å². The number of hydrogen-bond donors (Lipinski definition) is 1. The molecule has 3 heteroatoms. The van der Waals surface area contributed by atoms with Crippen LogP contribution >= 0.6 is 0 Å². The highest BCUT2D eigenvalue weighted by Crippen LogP contribution is 2.21. The zero-order chi connectivity index (χ0) is 13.1. The van der Waals surface area contributed by atoms with Crippen molar-refractivity contribution in [3.05, 3.63) is 0 Å². The summed E-state index contributed by atoms with van der Waals surface area (Å²) in [5.41, 5.74) is 0.304. The zero-order valence-corrected chi connectivity index (χ0v) is 12.0. The first-order valence-corrected chi connectivity index (χ1v) is 6.84. The van der Waals surface area contributed by atoms with Gasteiger partial charge in [-0.2, -0.15) is 0 Å². The van der Waals surface area contributed by atoms with Gasteiger partial charge < -0.3 is 10.2 Å². The second-order valence-electron chi connectivity index (χ2n) is 6.65. The van der Waals surface area contributed by atoms with Crippen LogP contribution in [-0.2, 0) is 4.79 Å². The van der Waals surface area contributed by atoms with Crippen molar-refractivity contribution in [2.75, 3.05) is 13.1 Å². The van der Waals surface area contributed by atoms with Crippen molar-refractivity contribution in [2.45, 2.75) is 66.0 Å². The molecule has 1 heterocycles. The second-order valence-corrected chi connectivity index (χ2v) is 6.65. The molecule has 0 aromatic rings. The highest BCUT2D eigenvalue weighted by atomic mass is 16.2. The van der Waals surface area contributed by atoms with Crippen LogP contribution in [0, 0.1) is 5.41 Å². The van der Waals surface area contributed by atoms with Crippen molar-refractivity contribution >= 4 is 5.91 Å². The van der Waals surface area contributed by atoms with Crippen LogP contribution in [0.1, 0.15) is 53.9 Å². The molecule has 1 saturated heterocycles. The maximum atomic E-state index is 12.2. The molecule has 1 fully saturated rings. The Labute approximate surface area is 106 Å². The van der Waals surface area contributed by atoms with Gasteiger partial charge in [-0.1, -0.05) is 34.6 Å². The molecular weight excluding hydrogens is 212 g/mol. The molecule has 1 unspecified atom stereocenters. The first-order chi connectivity index (χ1) is 7.79. The van der Waals surface area contributed by atoms with E-state index in [2.05, 4.69) is 39.9 Å². The lowest BCUT2D eigenvalue weighted by Gasteiger charge is -2.35. The van der Waals surface area contributed by atoms with E-state index in [-0.39, 0.29) is 6.04 Å². The van der Waals surface area contributed by atoms with Crippen LogP contribution < -0.4 is 5.32 Å². The normalized spacial score (nSPS) is 22.4. The minimum atomic E-state index is 0.0451. The molecule has 0 bridgehead atoms. The summed E-state index contributed by atoms with van der Waals surface area (Å²) in [6.45, 7) is 12.7. The smallest absolute Gasteiger partial charge is 0.239 e. The Kier molecular flexibility index (Phi) is 4.99. The third kappa shape index (κ3) is 5.07. The molecule has 1 atom stereocenters. The predicted molar refractivity (Wildman–Crippen MR) is 71.9 cm³/mol. The van der Waals surface area contributed by atoms with Crippen molar-refractivity contribution in [2.24, 2.45) is 5.41 Å². The lowest BCUT2D eigenvalue weighted by molar-refractivity contribution is -0.136. The van der Waals surface area contributed by atoms with E-state index in [1.54, 1.807) is 0 Å². The number of hydrogen-bond acceptors (Lipinski definition) is 2. The van der Waals surface area contributed by atoms with Gasteiger partial charge in [0.1, 0.15) is 0 Å². The lowest BCUT2D eigenvalue weighted by atomic mass is 9.91. The van der Waals surface area contributed by atoms with Crippen LogP contribution in [0.4, 0.5) is 0 Å². The fourth-order valence-electron chi connectivity index (χ4n) is 2.19. The van der Waals surface area contributed by atoms with Crippen LogP contribution in [-0.4, -0.2) is 36.0 Å². The minimum absolute atomic E-state index is 0.0451. The van der Waals surface area contributed by atoms with Gasteiger partial charge in [0.25, 0.3) is 0 Å². The van der Waals surface area contributed by atoms with E-state index in [0.29, 0.717) is 17.4 Å². The highest BCUT2D eigenvalue weighted by molar-refractivity contribution is 5.82. The Morgan fingerprint density at radius 3 is 2.59 bits per heavy atom. The summed E-state index contributed by atoms with van der Waals surface area (Å²) in [4.78, 5) is 14.3. The SMILES string of the molecule is CC(C)NC1CCCN(CCC(C)(C)C)C1=O. The molecule has 0 radical (unpaired) electrons. The molecule has 0 spiro atoms. The minimum Gasteiger partial charge on any atom is -0.341 e. The van der Waals surface area contributed by atoms with Gasteiger partial charge in [0.2, 0.25) is 5.91 Å². The third-order valence-electron chi connectivity index (χ3n) is 3.20. The fraction of sp³-hybridized carbons (Fsp3) is 0.929. The van der Waals surface area contributed by atoms with Crippen molar-refractivity contribution in [1.82, 2.24) is 10.2 Å². The van der Waals surface area contributed by atoms with E-state index in [0.717, 1.165) is 32.4 Å². The largest absolute Gasteiger partial charge is 0.341 e. The number of carbonyl (C=O) groups excluding carboxylic acids is 1. The van der Waals surface area contributed by atoms with E-state index < -0.39 is 0 Å². The van der Waals surface area contributed by atoms with Crippen molar-refractivity contribution in [1.29, 1.82) is 0 Å². The monoisotopic (exact) mass is 240 g/mol. The number of likely N-dealkylation sites (tertiary alicyclic amines) is 1. The van der Waals surface area contributed by atoms with E-state index in [1.807, 2.05) is 4.90 Å². The summed E-state index contributed by atoms with van der Waals surface area (Å²) in [5.74, 6) is 0.300. The van der Waals surface area contributed by atoms with Crippen molar-refractivity contribution in [3.8, 4) is 0 Å². The van der Waals surface area contributed by atoms with E-state index in [4.69, 9.17) is 0 Å². The second kappa shape index (κ2) is 5.85. The molecule has 1 aliphatic heterocycles. The predicted octanol–water partition coefficient (Wildman–Crippen LogP) is 2.41. The molecule has 0 saturated carbocycles. The highest BCUT2D eigenvalue weighted by Gasteiger charge is 2.29. The topological polar surface area (TPSA) is 32.3 Å². The number of piperidine rings is 1. The van der Waals surface area contributed by atoms with Gasteiger partial charge in [-0.3, -0.25) is 4.79 Å². The molecular formula is C14H28N2O. The summed E-state index contributed by atoms with van der Waals surface area (Å²) < 4.78 is 0. The molecule has 100 valence electrons. The number of nitrogens with zero attached hydrogens (tertiary/aromatic N) is 1. The number of carbonyl (C=O) groups is 1. The van der Waals surface area contributed by atoms with Crippen molar-refractivity contribution in [3.63, 3.8) is 0 Å². The van der Waals surface area contributed by atoms with Crippen molar-refractivity contribution < 1.29 is 4.79 Å². The average Bonchev–Trinajstić information content (AvgIpc) is 2.17. The number of rotatable bonds is 4. The van der Waals surface area contributed by atoms with Gasteiger partial charge in [0.05, 0.1) is 6.04 Å². The quantitative estimate of drug-likeness (QED) is 0.818. The molecule has 1 rings (SSSR count).